The van der Waals surface area contributed by atoms with E-state index in [0.29, 0.717) is 34.4 Å². The summed E-state index contributed by atoms with van der Waals surface area (Å²) in [6.45, 7) is 5.90. The van der Waals surface area contributed by atoms with Crippen molar-refractivity contribution >= 4 is 23.2 Å². The molecule has 0 unspecified atom stereocenters. The minimum Gasteiger partial charge on any atom is -0.480 e. The minimum atomic E-state index is -0.639. The first-order valence-electron chi connectivity index (χ1n) is 9.53. The Labute approximate surface area is 176 Å². The van der Waals surface area contributed by atoms with Gasteiger partial charge in [-0.3, -0.25) is 4.79 Å². The van der Waals surface area contributed by atoms with Crippen molar-refractivity contribution in [3.05, 3.63) is 82.9 Å². The van der Waals surface area contributed by atoms with Gasteiger partial charge in [0.15, 0.2) is 11.9 Å². The van der Waals surface area contributed by atoms with Crippen molar-refractivity contribution in [2.24, 2.45) is 0 Å². The summed E-state index contributed by atoms with van der Waals surface area (Å²) in [5.41, 5.74) is 2.63. The van der Waals surface area contributed by atoms with Gasteiger partial charge in [-0.05, 0) is 62.2 Å². The van der Waals surface area contributed by atoms with Crippen LogP contribution in [-0.2, 0) is 4.79 Å². The molecule has 0 aliphatic carbocycles. The van der Waals surface area contributed by atoms with Gasteiger partial charge in [0.25, 0.3) is 5.91 Å². The maximum atomic E-state index is 12.9. The summed E-state index contributed by atoms with van der Waals surface area (Å²) in [7, 11) is 0. The number of hydrogen-bond acceptors (Lipinski definition) is 3. The first-order chi connectivity index (χ1) is 14.0. The van der Waals surface area contributed by atoms with Gasteiger partial charge in [-0.25, -0.2) is 0 Å². The molecule has 3 rings (SSSR count). The van der Waals surface area contributed by atoms with Gasteiger partial charge in [0.1, 0.15) is 11.5 Å². The number of nitrogens with one attached hydrogen (secondary N) is 1. The van der Waals surface area contributed by atoms with Crippen molar-refractivity contribution in [3.63, 3.8) is 0 Å². The van der Waals surface area contributed by atoms with E-state index in [0.717, 1.165) is 11.1 Å². The second-order valence-electron chi connectivity index (χ2n) is 6.83. The summed E-state index contributed by atoms with van der Waals surface area (Å²) in [4.78, 5) is 12.9. The summed E-state index contributed by atoms with van der Waals surface area (Å²) in [6.07, 6.45) is -0.117. The molecular formula is C24H24ClNO3. The third-order valence-corrected chi connectivity index (χ3v) is 4.67. The fraction of sp³-hybridized carbons (Fsp3) is 0.208. The van der Waals surface area contributed by atoms with Gasteiger partial charge in [0.2, 0.25) is 0 Å². The number of amides is 1. The normalized spacial score (nSPS) is 11.6. The highest BCUT2D eigenvalue weighted by Crippen LogP contribution is 2.32. The van der Waals surface area contributed by atoms with Crippen LogP contribution < -0.4 is 14.8 Å². The van der Waals surface area contributed by atoms with Crippen molar-refractivity contribution in [2.75, 3.05) is 5.32 Å². The standard InChI is InChI=1S/C24H24ClNO3/c1-4-21(29-22-12-10-16(2)14-17(22)3)24(27)26-20-15-18(25)11-13-23(20)28-19-8-6-5-7-9-19/h5-15,21H,4H2,1-3H3,(H,26,27)/t21-/m1/s1. The number of halogens is 1. The van der Waals surface area contributed by atoms with Crippen LogP contribution in [0.2, 0.25) is 5.02 Å². The molecule has 1 N–H and O–H groups in total. The lowest BCUT2D eigenvalue weighted by Crippen LogP contribution is -2.32. The highest BCUT2D eigenvalue weighted by Gasteiger charge is 2.21. The van der Waals surface area contributed by atoms with E-state index >= 15 is 0 Å². The van der Waals surface area contributed by atoms with E-state index in [1.165, 1.54) is 0 Å². The lowest BCUT2D eigenvalue weighted by Gasteiger charge is -2.20. The number of ether oxygens (including phenoxy) is 2. The zero-order valence-electron chi connectivity index (χ0n) is 16.7. The number of carbonyl (C=O) groups excluding carboxylic acids is 1. The summed E-state index contributed by atoms with van der Waals surface area (Å²) in [5.74, 6) is 1.62. The molecule has 0 saturated carbocycles. The maximum Gasteiger partial charge on any atom is 0.265 e. The summed E-state index contributed by atoms with van der Waals surface area (Å²) >= 11 is 6.14. The molecule has 1 atom stereocenters. The monoisotopic (exact) mass is 409 g/mol. The Morgan fingerprint density at radius 3 is 2.41 bits per heavy atom. The largest absolute Gasteiger partial charge is 0.480 e. The lowest BCUT2D eigenvalue weighted by molar-refractivity contribution is -0.122. The molecule has 29 heavy (non-hydrogen) atoms. The number of rotatable bonds is 7. The molecular weight excluding hydrogens is 386 g/mol. The average molecular weight is 410 g/mol. The van der Waals surface area contributed by atoms with E-state index in [1.807, 2.05) is 69.3 Å². The zero-order chi connectivity index (χ0) is 20.8. The van der Waals surface area contributed by atoms with Crippen LogP contribution in [0.25, 0.3) is 0 Å². The summed E-state index contributed by atoms with van der Waals surface area (Å²) in [6, 6.07) is 20.4. The first kappa shape index (κ1) is 20.7. The molecule has 0 spiro atoms. The van der Waals surface area contributed by atoms with Crippen LogP contribution in [0.15, 0.2) is 66.7 Å². The molecule has 3 aromatic rings. The Morgan fingerprint density at radius 1 is 1.00 bits per heavy atom. The Hall–Kier alpha value is -2.98. The smallest absolute Gasteiger partial charge is 0.265 e. The molecule has 0 radical (unpaired) electrons. The predicted octanol–water partition coefficient (Wildman–Crippen LogP) is 6.55. The Balaban J connectivity index is 1.78. The molecule has 5 heteroatoms. The number of anilines is 1. The summed E-state index contributed by atoms with van der Waals surface area (Å²) < 4.78 is 11.9. The Kier molecular flexibility index (Phi) is 6.78. The van der Waals surface area contributed by atoms with Crippen LogP contribution in [0.5, 0.6) is 17.2 Å². The topological polar surface area (TPSA) is 47.6 Å². The molecule has 3 aromatic carbocycles. The molecule has 1 amide bonds. The number of aryl methyl sites for hydroxylation is 2. The number of benzene rings is 3. The van der Waals surface area contributed by atoms with Gasteiger partial charge < -0.3 is 14.8 Å². The van der Waals surface area contributed by atoms with Crippen molar-refractivity contribution < 1.29 is 14.3 Å². The number of hydrogen-bond donors (Lipinski definition) is 1. The molecule has 0 heterocycles. The molecule has 0 fully saturated rings. The van der Waals surface area contributed by atoms with Gasteiger partial charge in [0, 0.05) is 5.02 Å². The minimum absolute atomic E-state index is 0.257. The van der Waals surface area contributed by atoms with Crippen LogP contribution in [0.1, 0.15) is 24.5 Å². The van der Waals surface area contributed by atoms with Crippen LogP contribution in [0, 0.1) is 13.8 Å². The molecule has 0 saturated heterocycles. The fourth-order valence-corrected chi connectivity index (χ4v) is 3.10. The second kappa shape index (κ2) is 9.48. The molecule has 150 valence electrons. The van der Waals surface area contributed by atoms with Crippen molar-refractivity contribution in [1.82, 2.24) is 0 Å². The summed E-state index contributed by atoms with van der Waals surface area (Å²) in [5, 5.41) is 3.40. The Bertz CT molecular complexity index is 989. The van der Waals surface area contributed by atoms with Crippen LogP contribution in [0.4, 0.5) is 5.69 Å². The van der Waals surface area contributed by atoms with Crippen molar-refractivity contribution in [2.45, 2.75) is 33.3 Å². The van der Waals surface area contributed by atoms with E-state index in [4.69, 9.17) is 21.1 Å². The van der Waals surface area contributed by atoms with Crippen LogP contribution in [-0.4, -0.2) is 12.0 Å². The van der Waals surface area contributed by atoms with Gasteiger partial charge in [-0.1, -0.05) is 54.4 Å². The highest BCUT2D eigenvalue weighted by atomic mass is 35.5. The number of para-hydroxylation sites is 1. The molecule has 0 bridgehead atoms. The predicted molar refractivity (Wildman–Crippen MR) is 117 cm³/mol. The van der Waals surface area contributed by atoms with Crippen LogP contribution >= 0.6 is 11.6 Å². The third kappa shape index (κ3) is 5.52. The van der Waals surface area contributed by atoms with Gasteiger partial charge >= 0.3 is 0 Å². The maximum absolute atomic E-state index is 12.9. The van der Waals surface area contributed by atoms with Crippen molar-refractivity contribution in [3.8, 4) is 17.2 Å². The van der Waals surface area contributed by atoms with E-state index < -0.39 is 6.10 Å². The molecule has 0 aromatic heterocycles. The molecule has 0 aliphatic rings. The zero-order valence-corrected chi connectivity index (χ0v) is 17.5. The Morgan fingerprint density at radius 2 is 1.72 bits per heavy atom. The van der Waals surface area contributed by atoms with E-state index in [2.05, 4.69) is 5.32 Å². The average Bonchev–Trinajstić information content (AvgIpc) is 2.70. The quantitative estimate of drug-likeness (QED) is 0.481. The lowest BCUT2D eigenvalue weighted by atomic mass is 10.1. The SMILES string of the molecule is CC[C@@H](Oc1ccc(C)cc1C)C(=O)Nc1cc(Cl)ccc1Oc1ccccc1. The van der Waals surface area contributed by atoms with Crippen LogP contribution in [0.3, 0.4) is 0 Å². The third-order valence-electron chi connectivity index (χ3n) is 4.43. The first-order valence-corrected chi connectivity index (χ1v) is 9.91. The van der Waals surface area contributed by atoms with Crippen molar-refractivity contribution in [1.29, 1.82) is 0 Å². The molecule has 4 nitrogen and oxygen atoms in total. The van der Waals surface area contributed by atoms with Gasteiger partial charge in [0.05, 0.1) is 5.69 Å². The van der Waals surface area contributed by atoms with E-state index in [9.17, 15) is 4.79 Å². The fourth-order valence-electron chi connectivity index (χ4n) is 2.92. The number of carbonyl (C=O) groups is 1. The second-order valence-corrected chi connectivity index (χ2v) is 7.26. The molecule has 0 aliphatic heterocycles. The van der Waals surface area contributed by atoms with E-state index in [-0.39, 0.29) is 5.91 Å². The highest BCUT2D eigenvalue weighted by molar-refractivity contribution is 6.31. The van der Waals surface area contributed by atoms with Gasteiger partial charge in [-0.2, -0.15) is 0 Å². The van der Waals surface area contributed by atoms with Gasteiger partial charge in [-0.15, -0.1) is 0 Å². The van der Waals surface area contributed by atoms with E-state index in [1.54, 1.807) is 18.2 Å².